The van der Waals surface area contributed by atoms with Crippen LogP contribution in [0.3, 0.4) is 0 Å². The molecule has 3 nitrogen and oxygen atoms in total. The van der Waals surface area contributed by atoms with Gasteiger partial charge in [0.25, 0.3) is 5.91 Å². The number of rotatable bonds is 3. The van der Waals surface area contributed by atoms with Crippen molar-refractivity contribution in [1.29, 1.82) is 0 Å². The predicted octanol–water partition coefficient (Wildman–Crippen LogP) is 2.02. The molecule has 1 saturated heterocycles. The number of halogens is 1. The maximum atomic E-state index is 12.2. The SMILES string of the molecule is CN(CC1CCNC1)C(=O)c1ccccc1Cl. The molecule has 0 aromatic heterocycles. The smallest absolute Gasteiger partial charge is 0.255 e. The van der Waals surface area contributed by atoms with E-state index < -0.39 is 0 Å². The fourth-order valence-electron chi connectivity index (χ4n) is 2.18. The highest BCUT2D eigenvalue weighted by Gasteiger charge is 2.20. The standard InChI is InChI=1S/C13H17ClN2O/c1-16(9-10-6-7-15-8-10)13(17)11-4-2-3-5-12(11)14/h2-5,10,15H,6-9H2,1H3. The Morgan fingerprint density at radius 3 is 2.94 bits per heavy atom. The summed E-state index contributed by atoms with van der Waals surface area (Å²) in [5, 5.41) is 3.83. The van der Waals surface area contributed by atoms with Crippen LogP contribution in [0.1, 0.15) is 16.8 Å². The van der Waals surface area contributed by atoms with E-state index in [0.717, 1.165) is 26.1 Å². The first kappa shape index (κ1) is 12.4. The first-order valence-corrected chi connectivity index (χ1v) is 6.27. The lowest BCUT2D eigenvalue weighted by Gasteiger charge is -2.21. The number of nitrogens with zero attached hydrogens (tertiary/aromatic N) is 1. The summed E-state index contributed by atoms with van der Waals surface area (Å²) in [6.07, 6.45) is 1.14. The van der Waals surface area contributed by atoms with E-state index in [4.69, 9.17) is 11.6 Å². The molecule has 1 heterocycles. The van der Waals surface area contributed by atoms with E-state index in [-0.39, 0.29) is 5.91 Å². The average molecular weight is 253 g/mol. The molecule has 0 aliphatic carbocycles. The number of hydrogen-bond acceptors (Lipinski definition) is 2. The Morgan fingerprint density at radius 2 is 2.29 bits per heavy atom. The van der Waals surface area contributed by atoms with Gasteiger partial charge in [0.1, 0.15) is 0 Å². The third-order valence-electron chi connectivity index (χ3n) is 3.15. The van der Waals surface area contributed by atoms with Gasteiger partial charge < -0.3 is 10.2 Å². The van der Waals surface area contributed by atoms with Gasteiger partial charge in [-0.25, -0.2) is 0 Å². The second kappa shape index (κ2) is 5.52. The number of hydrogen-bond donors (Lipinski definition) is 1. The van der Waals surface area contributed by atoms with Crippen LogP contribution < -0.4 is 5.32 Å². The number of benzene rings is 1. The van der Waals surface area contributed by atoms with E-state index >= 15 is 0 Å². The van der Waals surface area contributed by atoms with Crippen LogP contribution in [0.2, 0.25) is 5.02 Å². The van der Waals surface area contributed by atoms with Crippen molar-refractivity contribution in [3.05, 3.63) is 34.9 Å². The molecule has 1 aliphatic rings. The molecule has 1 amide bonds. The molecule has 4 heteroatoms. The minimum absolute atomic E-state index is 0.00231. The summed E-state index contributed by atoms with van der Waals surface area (Å²) in [5.74, 6) is 0.564. The molecule has 17 heavy (non-hydrogen) atoms. The van der Waals surface area contributed by atoms with Crippen molar-refractivity contribution in [3.63, 3.8) is 0 Å². The number of amides is 1. The maximum absolute atomic E-state index is 12.2. The van der Waals surface area contributed by atoms with Gasteiger partial charge in [0.2, 0.25) is 0 Å². The largest absolute Gasteiger partial charge is 0.341 e. The summed E-state index contributed by atoms with van der Waals surface area (Å²) in [5.41, 5.74) is 0.586. The zero-order valence-electron chi connectivity index (χ0n) is 9.95. The normalized spacial score (nSPS) is 19.3. The summed E-state index contributed by atoms with van der Waals surface area (Å²) in [7, 11) is 1.84. The lowest BCUT2D eigenvalue weighted by molar-refractivity contribution is 0.0776. The van der Waals surface area contributed by atoms with Crippen LogP contribution in [0, 0.1) is 5.92 Å². The third-order valence-corrected chi connectivity index (χ3v) is 3.47. The zero-order chi connectivity index (χ0) is 12.3. The molecular formula is C13H17ClN2O. The Hall–Kier alpha value is -1.06. The van der Waals surface area contributed by atoms with Crippen LogP contribution >= 0.6 is 11.6 Å². The van der Waals surface area contributed by atoms with E-state index in [1.54, 1.807) is 17.0 Å². The zero-order valence-corrected chi connectivity index (χ0v) is 10.7. The fourth-order valence-corrected chi connectivity index (χ4v) is 2.40. The first-order valence-electron chi connectivity index (χ1n) is 5.89. The van der Waals surface area contributed by atoms with Crippen molar-refractivity contribution in [2.45, 2.75) is 6.42 Å². The lowest BCUT2D eigenvalue weighted by Crippen LogP contribution is -2.32. The molecule has 1 fully saturated rings. The molecule has 1 atom stereocenters. The summed E-state index contributed by atoms with van der Waals surface area (Å²) >= 11 is 6.02. The Kier molecular flexibility index (Phi) is 4.02. The van der Waals surface area contributed by atoms with Gasteiger partial charge in [-0.2, -0.15) is 0 Å². The quantitative estimate of drug-likeness (QED) is 0.893. The van der Waals surface area contributed by atoms with Crippen molar-refractivity contribution >= 4 is 17.5 Å². The van der Waals surface area contributed by atoms with Gasteiger partial charge in [-0.1, -0.05) is 23.7 Å². The summed E-state index contributed by atoms with van der Waals surface area (Å²) in [4.78, 5) is 13.9. The fraction of sp³-hybridized carbons (Fsp3) is 0.462. The second-order valence-corrected chi connectivity index (χ2v) is 4.93. The highest BCUT2D eigenvalue weighted by molar-refractivity contribution is 6.33. The van der Waals surface area contributed by atoms with E-state index in [1.807, 2.05) is 19.2 Å². The van der Waals surface area contributed by atoms with Crippen molar-refractivity contribution < 1.29 is 4.79 Å². The van der Waals surface area contributed by atoms with E-state index in [1.165, 1.54) is 0 Å². The van der Waals surface area contributed by atoms with Crippen LogP contribution in [0.15, 0.2) is 24.3 Å². The molecule has 0 radical (unpaired) electrons. The molecule has 0 saturated carbocycles. The Morgan fingerprint density at radius 1 is 1.53 bits per heavy atom. The molecule has 92 valence electrons. The molecule has 0 bridgehead atoms. The van der Waals surface area contributed by atoms with Crippen molar-refractivity contribution in [2.75, 3.05) is 26.7 Å². The van der Waals surface area contributed by atoms with Gasteiger partial charge >= 0.3 is 0 Å². The maximum Gasteiger partial charge on any atom is 0.255 e. The lowest BCUT2D eigenvalue weighted by atomic mass is 10.1. The van der Waals surface area contributed by atoms with Crippen LogP contribution in [0.4, 0.5) is 0 Å². The number of carbonyl (C=O) groups excluding carboxylic acids is 1. The number of carbonyl (C=O) groups is 1. The van der Waals surface area contributed by atoms with Crippen molar-refractivity contribution in [1.82, 2.24) is 10.2 Å². The number of nitrogens with one attached hydrogen (secondary N) is 1. The molecule has 2 rings (SSSR count). The monoisotopic (exact) mass is 252 g/mol. The third kappa shape index (κ3) is 2.99. The van der Waals surface area contributed by atoms with Crippen LogP contribution in [0.5, 0.6) is 0 Å². The molecular weight excluding hydrogens is 236 g/mol. The Labute approximate surface area is 107 Å². The Bertz CT molecular complexity index is 402. The van der Waals surface area contributed by atoms with Gasteiger partial charge in [0.05, 0.1) is 10.6 Å². The summed E-state index contributed by atoms with van der Waals surface area (Å²) in [6, 6.07) is 7.19. The molecule has 1 aromatic rings. The molecule has 1 unspecified atom stereocenters. The van der Waals surface area contributed by atoms with Gasteiger partial charge in [-0.15, -0.1) is 0 Å². The van der Waals surface area contributed by atoms with Gasteiger partial charge in [0.15, 0.2) is 0 Å². The van der Waals surface area contributed by atoms with Crippen molar-refractivity contribution in [3.8, 4) is 0 Å². The van der Waals surface area contributed by atoms with Gasteiger partial charge in [0, 0.05) is 13.6 Å². The summed E-state index contributed by atoms with van der Waals surface area (Å²) < 4.78 is 0. The van der Waals surface area contributed by atoms with Crippen LogP contribution in [-0.4, -0.2) is 37.5 Å². The predicted molar refractivity (Wildman–Crippen MR) is 69.4 cm³/mol. The topological polar surface area (TPSA) is 32.3 Å². The van der Waals surface area contributed by atoms with E-state index in [2.05, 4.69) is 5.32 Å². The van der Waals surface area contributed by atoms with Crippen LogP contribution in [0.25, 0.3) is 0 Å². The van der Waals surface area contributed by atoms with Gasteiger partial charge in [-0.3, -0.25) is 4.79 Å². The molecule has 0 spiro atoms. The van der Waals surface area contributed by atoms with E-state index in [9.17, 15) is 4.79 Å². The van der Waals surface area contributed by atoms with Crippen molar-refractivity contribution in [2.24, 2.45) is 5.92 Å². The second-order valence-electron chi connectivity index (χ2n) is 4.52. The van der Waals surface area contributed by atoms with E-state index in [0.29, 0.717) is 16.5 Å². The molecule has 1 aliphatic heterocycles. The van der Waals surface area contributed by atoms with Crippen LogP contribution in [-0.2, 0) is 0 Å². The minimum atomic E-state index is 0.00231. The highest BCUT2D eigenvalue weighted by Crippen LogP contribution is 2.18. The Balaban J connectivity index is 2.01. The van der Waals surface area contributed by atoms with Gasteiger partial charge in [-0.05, 0) is 37.6 Å². The summed E-state index contributed by atoms with van der Waals surface area (Å²) in [6.45, 7) is 2.84. The molecule has 1 aromatic carbocycles. The average Bonchev–Trinajstić information content (AvgIpc) is 2.81. The highest BCUT2D eigenvalue weighted by atomic mass is 35.5. The first-order chi connectivity index (χ1) is 8.18. The molecule has 1 N–H and O–H groups in total. The minimum Gasteiger partial charge on any atom is -0.341 e.